The molecular formula is C26H27N3O2. The van der Waals surface area contributed by atoms with Crippen molar-refractivity contribution >= 4 is 5.91 Å². The summed E-state index contributed by atoms with van der Waals surface area (Å²) >= 11 is 0. The van der Waals surface area contributed by atoms with Gasteiger partial charge in [-0.3, -0.25) is 4.79 Å². The minimum Gasteiger partial charge on any atom is -0.489 e. The molecule has 0 unspecified atom stereocenters. The zero-order valence-electron chi connectivity index (χ0n) is 18.0. The highest BCUT2D eigenvalue weighted by atomic mass is 16.5. The zero-order valence-corrected chi connectivity index (χ0v) is 18.0. The van der Waals surface area contributed by atoms with Gasteiger partial charge < -0.3 is 14.5 Å². The maximum Gasteiger partial charge on any atom is 0.254 e. The summed E-state index contributed by atoms with van der Waals surface area (Å²) in [4.78, 5) is 17.1. The molecule has 0 N–H and O–H groups in total. The average Bonchev–Trinajstić information content (AvgIpc) is 2.81. The molecular weight excluding hydrogens is 386 g/mol. The number of carbonyl (C=O) groups excluding carboxylic acids is 1. The largest absolute Gasteiger partial charge is 0.489 e. The van der Waals surface area contributed by atoms with E-state index >= 15 is 0 Å². The van der Waals surface area contributed by atoms with Gasteiger partial charge in [-0.25, -0.2) is 0 Å². The number of hydrogen-bond acceptors (Lipinski definition) is 4. The van der Waals surface area contributed by atoms with Gasteiger partial charge >= 0.3 is 0 Å². The molecule has 1 amide bonds. The second-order valence-electron chi connectivity index (χ2n) is 7.64. The van der Waals surface area contributed by atoms with Crippen LogP contribution in [0, 0.1) is 11.3 Å². The molecule has 5 heteroatoms. The third-order valence-electron chi connectivity index (χ3n) is 4.91. The molecule has 0 fully saturated rings. The molecule has 0 spiro atoms. The molecule has 158 valence electrons. The van der Waals surface area contributed by atoms with Gasteiger partial charge in [0.25, 0.3) is 5.91 Å². The van der Waals surface area contributed by atoms with Crippen LogP contribution in [0.2, 0.25) is 0 Å². The van der Waals surface area contributed by atoms with E-state index in [0.29, 0.717) is 30.8 Å². The van der Waals surface area contributed by atoms with Crippen LogP contribution in [0.25, 0.3) is 0 Å². The molecule has 3 aromatic rings. The summed E-state index contributed by atoms with van der Waals surface area (Å²) in [5, 5.41) is 8.99. The van der Waals surface area contributed by atoms with Crippen molar-refractivity contribution in [2.75, 3.05) is 27.2 Å². The number of hydrogen-bond donors (Lipinski definition) is 0. The Morgan fingerprint density at radius 1 is 0.871 bits per heavy atom. The fourth-order valence-electron chi connectivity index (χ4n) is 3.09. The minimum absolute atomic E-state index is 0.0123. The Hall–Kier alpha value is -3.62. The predicted molar refractivity (Wildman–Crippen MR) is 122 cm³/mol. The lowest BCUT2D eigenvalue weighted by Gasteiger charge is -2.25. The molecule has 5 nitrogen and oxygen atoms in total. The second kappa shape index (κ2) is 11.0. The molecule has 0 bridgehead atoms. The monoisotopic (exact) mass is 413 g/mol. The Bertz CT molecular complexity index is 1010. The van der Waals surface area contributed by atoms with E-state index in [1.807, 2.05) is 85.7 Å². The van der Waals surface area contributed by atoms with Crippen LogP contribution in [0.15, 0.2) is 78.9 Å². The summed E-state index contributed by atoms with van der Waals surface area (Å²) in [6, 6.07) is 26.7. The number of para-hydroxylation sites is 1. The van der Waals surface area contributed by atoms with Gasteiger partial charge in [0.05, 0.1) is 11.6 Å². The molecule has 3 aromatic carbocycles. The average molecular weight is 414 g/mol. The highest BCUT2D eigenvalue weighted by Crippen LogP contribution is 2.15. The van der Waals surface area contributed by atoms with E-state index < -0.39 is 0 Å². The SMILES string of the molecule is CN(C)CCN(Cc1ccc(C#N)cc1)C(=O)c1ccc(COc2ccccc2)cc1. The van der Waals surface area contributed by atoms with Crippen molar-refractivity contribution in [1.82, 2.24) is 9.80 Å². The van der Waals surface area contributed by atoms with Gasteiger partial charge in [-0.15, -0.1) is 0 Å². The van der Waals surface area contributed by atoms with Gasteiger partial charge in [0.2, 0.25) is 0 Å². The van der Waals surface area contributed by atoms with Crippen molar-refractivity contribution in [3.63, 3.8) is 0 Å². The van der Waals surface area contributed by atoms with Crippen molar-refractivity contribution in [1.29, 1.82) is 5.26 Å². The lowest BCUT2D eigenvalue weighted by atomic mass is 10.1. The zero-order chi connectivity index (χ0) is 22.1. The highest BCUT2D eigenvalue weighted by molar-refractivity contribution is 5.94. The molecule has 0 aliphatic carbocycles. The first kappa shape index (κ1) is 22.1. The van der Waals surface area contributed by atoms with Crippen molar-refractivity contribution in [3.05, 3.63) is 101 Å². The van der Waals surface area contributed by atoms with Gasteiger partial charge in [0.15, 0.2) is 0 Å². The topological polar surface area (TPSA) is 56.6 Å². The number of ether oxygens (including phenoxy) is 1. The molecule has 0 heterocycles. The van der Waals surface area contributed by atoms with E-state index in [4.69, 9.17) is 10.00 Å². The van der Waals surface area contributed by atoms with Crippen LogP contribution in [0.3, 0.4) is 0 Å². The van der Waals surface area contributed by atoms with Gasteiger partial charge in [-0.1, -0.05) is 42.5 Å². The van der Waals surface area contributed by atoms with Crippen LogP contribution < -0.4 is 4.74 Å². The summed E-state index contributed by atoms with van der Waals surface area (Å²) in [5.74, 6) is 0.807. The number of carbonyl (C=O) groups is 1. The molecule has 31 heavy (non-hydrogen) atoms. The van der Waals surface area contributed by atoms with Crippen LogP contribution in [-0.2, 0) is 13.2 Å². The van der Waals surface area contributed by atoms with Gasteiger partial charge in [0, 0.05) is 25.2 Å². The number of rotatable bonds is 9. The first-order valence-electron chi connectivity index (χ1n) is 10.2. The van der Waals surface area contributed by atoms with E-state index in [1.54, 1.807) is 12.1 Å². The summed E-state index contributed by atoms with van der Waals surface area (Å²) in [5.41, 5.74) is 3.27. The second-order valence-corrected chi connectivity index (χ2v) is 7.64. The van der Waals surface area contributed by atoms with E-state index in [-0.39, 0.29) is 5.91 Å². The van der Waals surface area contributed by atoms with Crippen molar-refractivity contribution in [2.24, 2.45) is 0 Å². The quantitative estimate of drug-likeness (QED) is 0.524. The van der Waals surface area contributed by atoms with Crippen LogP contribution in [0.4, 0.5) is 0 Å². The number of amides is 1. The van der Waals surface area contributed by atoms with Crippen LogP contribution in [-0.4, -0.2) is 42.9 Å². The molecule has 3 rings (SSSR count). The standard InChI is InChI=1S/C26H27N3O2/c1-28(2)16-17-29(19-22-10-8-21(18-27)9-11-22)26(30)24-14-12-23(13-15-24)20-31-25-6-4-3-5-7-25/h3-15H,16-17,19-20H2,1-2H3. The highest BCUT2D eigenvalue weighted by Gasteiger charge is 2.16. The Morgan fingerprint density at radius 2 is 1.52 bits per heavy atom. The molecule has 0 saturated carbocycles. The van der Waals surface area contributed by atoms with E-state index in [2.05, 4.69) is 11.0 Å². The predicted octanol–water partition coefficient (Wildman–Crippen LogP) is 4.34. The number of nitrogens with zero attached hydrogens (tertiary/aromatic N) is 3. The Labute approximate surface area is 184 Å². The molecule has 0 aliphatic rings. The molecule has 0 radical (unpaired) electrons. The van der Waals surface area contributed by atoms with Gasteiger partial charge in [-0.2, -0.15) is 5.26 Å². The number of nitriles is 1. The normalized spacial score (nSPS) is 10.5. The smallest absolute Gasteiger partial charge is 0.254 e. The summed E-state index contributed by atoms with van der Waals surface area (Å²) < 4.78 is 5.78. The minimum atomic E-state index is -0.0123. The first-order valence-corrected chi connectivity index (χ1v) is 10.2. The van der Waals surface area contributed by atoms with Gasteiger partial charge in [-0.05, 0) is 61.6 Å². The van der Waals surface area contributed by atoms with Crippen LogP contribution >= 0.6 is 0 Å². The molecule has 0 aromatic heterocycles. The maximum atomic E-state index is 13.2. The molecule has 0 atom stereocenters. The van der Waals surface area contributed by atoms with E-state index in [9.17, 15) is 4.79 Å². The molecule has 0 saturated heterocycles. The number of likely N-dealkylation sites (N-methyl/N-ethyl adjacent to an activating group) is 1. The third kappa shape index (κ3) is 6.70. The maximum absolute atomic E-state index is 13.2. The summed E-state index contributed by atoms with van der Waals surface area (Å²) in [6.45, 7) is 2.33. The number of benzene rings is 3. The van der Waals surface area contributed by atoms with E-state index in [0.717, 1.165) is 23.4 Å². The summed E-state index contributed by atoms with van der Waals surface area (Å²) in [7, 11) is 3.98. The fourth-order valence-corrected chi connectivity index (χ4v) is 3.09. The fraction of sp³-hybridized carbons (Fsp3) is 0.231. The Morgan fingerprint density at radius 3 is 2.13 bits per heavy atom. The third-order valence-corrected chi connectivity index (χ3v) is 4.91. The summed E-state index contributed by atoms with van der Waals surface area (Å²) in [6.07, 6.45) is 0. The lowest BCUT2D eigenvalue weighted by Crippen LogP contribution is -2.36. The van der Waals surface area contributed by atoms with Crippen LogP contribution in [0.5, 0.6) is 5.75 Å². The van der Waals surface area contributed by atoms with Crippen molar-refractivity contribution in [3.8, 4) is 11.8 Å². The van der Waals surface area contributed by atoms with Crippen LogP contribution in [0.1, 0.15) is 27.0 Å². The lowest BCUT2D eigenvalue weighted by molar-refractivity contribution is 0.0732. The van der Waals surface area contributed by atoms with E-state index in [1.165, 1.54) is 0 Å². The van der Waals surface area contributed by atoms with Crippen molar-refractivity contribution < 1.29 is 9.53 Å². The Balaban J connectivity index is 1.67. The Kier molecular flexibility index (Phi) is 7.80. The molecule has 0 aliphatic heterocycles. The van der Waals surface area contributed by atoms with Gasteiger partial charge in [0.1, 0.15) is 12.4 Å². The van der Waals surface area contributed by atoms with Crippen molar-refractivity contribution in [2.45, 2.75) is 13.2 Å². The first-order chi connectivity index (χ1) is 15.0.